The largest absolute Gasteiger partial charge is 0.384 e. The summed E-state index contributed by atoms with van der Waals surface area (Å²) in [5.41, 5.74) is 7.66. The average molecular weight is 308 g/mol. The highest BCUT2D eigenvalue weighted by molar-refractivity contribution is 5.92. The van der Waals surface area contributed by atoms with Crippen LogP contribution in [0.4, 0.5) is 5.82 Å². The molecule has 1 aliphatic heterocycles. The molecule has 0 unspecified atom stereocenters. The van der Waals surface area contributed by atoms with Gasteiger partial charge in [-0.1, -0.05) is 30.3 Å². The van der Waals surface area contributed by atoms with Gasteiger partial charge in [0.2, 0.25) is 5.91 Å². The van der Waals surface area contributed by atoms with Crippen molar-refractivity contribution < 1.29 is 4.79 Å². The van der Waals surface area contributed by atoms with E-state index in [0.29, 0.717) is 11.6 Å². The lowest BCUT2D eigenvalue weighted by Crippen LogP contribution is -2.29. The Labute approximate surface area is 135 Å². The van der Waals surface area contributed by atoms with Crippen LogP contribution in [0.2, 0.25) is 0 Å². The van der Waals surface area contributed by atoms with Gasteiger partial charge in [0.05, 0.1) is 11.7 Å². The SMILES string of the molecule is Cc1nc(N)cc([C@@H]2CCCN2C(=O)/C=C/c2ccccc2)n1. The molecule has 0 saturated carbocycles. The minimum absolute atomic E-state index is 0.00573. The molecule has 3 rings (SSSR count). The van der Waals surface area contributed by atoms with Crippen molar-refractivity contribution >= 4 is 17.8 Å². The maximum atomic E-state index is 12.5. The van der Waals surface area contributed by atoms with Crippen molar-refractivity contribution in [3.63, 3.8) is 0 Å². The Morgan fingerprint density at radius 1 is 1.30 bits per heavy atom. The van der Waals surface area contributed by atoms with Gasteiger partial charge in [-0.3, -0.25) is 4.79 Å². The van der Waals surface area contributed by atoms with Crippen LogP contribution in [0, 0.1) is 6.92 Å². The first-order valence-corrected chi connectivity index (χ1v) is 7.78. The second-order valence-electron chi connectivity index (χ2n) is 5.70. The predicted molar refractivity (Wildman–Crippen MR) is 90.3 cm³/mol. The smallest absolute Gasteiger partial charge is 0.247 e. The summed E-state index contributed by atoms with van der Waals surface area (Å²) >= 11 is 0. The summed E-state index contributed by atoms with van der Waals surface area (Å²) in [5.74, 6) is 1.09. The Hall–Kier alpha value is -2.69. The quantitative estimate of drug-likeness (QED) is 0.885. The summed E-state index contributed by atoms with van der Waals surface area (Å²) in [6.45, 7) is 2.56. The standard InChI is InChI=1S/C18H20N4O/c1-13-20-15(12-17(19)21-13)16-8-5-11-22(16)18(23)10-9-14-6-3-2-4-7-14/h2-4,6-7,9-10,12,16H,5,8,11H2,1H3,(H2,19,20,21)/b10-9+/t16-/m0/s1. The number of benzene rings is 1. The Morgan fingerprint density at radius 3 is 2.83 bits per heavy atom. The average Bonchev–Trinajstić information content (AvgIpc) is 3.02. The van der Waals surface area contributed by atoms with Crippen LogP contribution in [0.25, 0.3) is 6.08 Å². The number of nitrogen functional groups attached to an aromatic ring is 1. The molecule has 118 valence electrons. The molecule has 2 N–H and O–H groups in total. The lowest BCUT2D eigenvalue weighted by molar-refractivity contribution is -0.126. The first-order chi connectivity index (χ1) is 11.1. The molecule has 2 aromatic rings. The summed E-state index contributed by atoms with van der Waals surface area (Å²) in [6, 6.07) is 11.6. The number of anilines is 1. The highest BCUT2D eigenvalue weighted by Gasteiger charge is 2.30. The van der Waals surface area contributed by atoms with Crippen molar-refractivity contribution in [2.45, 2.75) is 25.8 Å². The monoisotopic (exact) mass is 308 g/mol. The molecule has 5 heteroatoms. The van der Waals surface area contributed by atoms with E-state index in [1.165, 1.54) is 0 Å². The fourth-order valence-corrected chi connectivity index (χ4v) is 2.95. The van der Waals surface area contributed by atoms with Crippen LogP contribution in [0.3, 0.4) is 0 Å². The number of carbonyl (C=O) groups excluding carboxylic acids is 1. The van der Waals surface area contributed by atoms with Gasteiger partial charge in [0.15, 0.2) is 0 Å². The van der Waals surface area contributed by atoms with Crippen molar-refractivity contribution in [2.24, 2.45) is 0 Å². The third-order valence-electron chi connectivity index (χ3n) is 3.97. The molecule has 5 nitrogen and oxygen atoms in total. The Bertz CT molecular complexity index is 707. The van der Waals surface area contributed by atoms with Crippen molar-refractivity contribution in [1.29, 1.82) is 0 Å². The Balaban J connectivity index is 1.78. The van der Waals surface area contributed by atoms with E-state index in [-0.39, 0.29) is 11.9 Å². The van der Waals surface area contributed by atoms with Crippen molar-refractivity contribution in [3.8, 4) is 0 Å². The lowest BCUT2D eigenvalue weighted by Gasteiger charge is -2.23. The van der Waals surface area contributed by atoms with Crippen molar-refractivity contribution in [2.75, 3.05) is 12.3 Å². The molecule has 1 aromatic heterocycles. The molecule has 0 aliphatic carbocycles. The number of hydrogen-bond acceptors (Lipinski definition) is 4. The Morgan fingerprint density at radius 2 is 2.09 bits per heavy atom. The van der Waals surface area contributed by atoms with Crippen LogP contribution in [0.15, 0.2) is 42.5 Å². The highest BCUT2D eigenvalue weighted by Crippen LogP contribution is 2.31. The van der Waals surface area contributed by atoms with Gasteiger partial charge < -0.3 is 10.6 Å². The molecule has 0 radical (unpaired) electrons. The zero-order chi connectivity index (χ0) is 16.2. The zero-order valence-corrected chi connectivity index (χ0v) is 13.1. The molecular weight excluding hydrogens is 288 g/mol. The third kappa shape index (κ3) is 3.56. The van der Waals surface area contributed by atoms with E-state index in [0.717, 1.165) is 30.6 Å². The minimum Gasteiger partial charge on any atom is -0.384 e. The molecule has 0 spiro atoms. The third-order valence-corrected chi connectivity index (χ3v) is 3.97. The first kappa shape index (κ1) is 15.2. The number of likely N-dealkylation sites (tertiary alicyclic amines) is 1. The maximum Gasteiger partial charge on any atom is 0.247 e. The van der Waals surface area contributed by atoms with Gasteiger partial charge in [-0.05, 0) is 31.4 Å². The number of carbonyl (C=O) groups is 1. The number of aryl methyl sites for hydroxylation is 1. The van der Waals surface area contributed by atoms with E-state index in [4.69, 9.17) is 5.73 Å². The molecule has 1 amide bonds. The van der Waals surface area contributed by atoms with Gasteiger partial charge in [-0.15, -0.1) is 0 Å². The van der Waals surface area contributed by atoms with Gasteiger partial charge in [0.25, 0.3) is 0 Å². The normalized spacial score (nSPS) is 17.8. The van der Waals surface area contributed by atoms with Crippen molar-refractivity contribution in [3.05, 3.63) is 59.6 Å². The topological polar surface area (TPSA) is 72.1 Å². The second-order valence-corrected chi connectivity index (χ2v) is 5.70. The molecular formula is C18H20N4O. The van der Waals surface area contributed by atoms with E-state index in [1.54, 1.807) is 12.1 Å². The summed E-state index contributed by atoms with van der Waals surface area (Å²) in [5, 5.41) is 0. The molecule has 1 aromatic carbocycles. The molecule has 23 heavy (non-hydrogen) atoms. The lowest BCUT2D eigenvalue weighted by atomic mass is 10.1. The van der Waals surface area contributed by atoms with Crippen LogP contribution in [-0.4, -0.2) is 27.3 Å². The van der Waals surface area contributed by atoms with Gasteiger partial charge in [0.1, 0.15) is 11.6 Å². The number of amides is 1. The summed E-state index contributed by atoms with van der Waals surface area (Å²) in [7, 11) is 0. The Kier molecular flexibility index (Phi) is 4.37. The molecule has 1 saturated heterocycles. The fraction of sp³-hybridized carbons (Fsp3) is 0.278. The summed E-state index contributed by atoms with van der Waals surface area (Å²) in [4.78, 5) is 23.0. The van der Waals surface area contributed by atoms with Crippen LogP contribution in [0.1, 0.15) is 36.0 Å². The predicted octanol–water partition coefficient (Wildman–Crippen LogP) is 2.74. The number of nitrogens with two attached hydrogens (primary N) is 1. The van der Waals surface area contributed by atoms with E-state index >= 15 is 0 Å². The van der Waals surface area contributed by atoms with Gasteiger partial charge >= 0.3 is 0 Å². The molecule has 0 bridgehead atoms. The van der Waals surface area contributed by atoms with E-state index in [9.17, 15) is 4.79 Å². The number of nitrogens with zero attached hydrogens (tertiary/aromatic N) is 3. The van der Waals surface area contributed by atoms with Gasteiger partial charge in [-0.25, -0.2) is 9.97 Å². The number of rotatable bonds is 3. The minimum atomic E-state index is -0.0214. The zero-order valence-electron chi connectivity index (χ0n) is 13.1. The molecule has 1 atom stereocenters. The second kappa shape index (κ2) is 6.60. The van der Waals surface area contributed by atoms with E-state index in [1.807, 2.05) is 48.2 Å². The molecule has 1 aliphatic rings. The van der Waals surface area contributed by atoms with Gasteiger partial charge in [0, 0.05) is 18.7 Å². The fourth-order valence-electron chi connectivity index (χ4n) is 2.95. The van der Waals surface area contributed by atoms with Gasteiger partial charge in [-0.2, -0.15) is 0 Å². The van der Waals surface area contributed by atoms with Crippen LogP contribution >= 0.6 is 0 Å². The maximum absolute atomic E-state index is 12.5. The number of hydrogen-bond donors (Lipinski definition) is 1. The van der Waals surface area contributed by atoms with E-state index < -0.39 is 0 Å². The summed E-state index contributed by atoms with van der Waals surface area (Å²) in [6.07, 6.45) is 5.35. The van der Waals surface area contributed by atoms with Crippen LogP contribution in [0.5, 0.6) is 0 Å². The first-order valence-electron chi connectivity index (χ1n) is 7.78. The summed E-state index contributed by atoms with van der Waals surface area (Å²) < 4.78 is 0. The highest BCUT2D eigenvalue weighted by atomic mass is 16.2. The van der Waals surface area contributed by atoms with E-state index in [2.05, 4.69) is 9.97 Å². The number of aromatic nitrogens is 2. The van der Waals surface area contributed by atoms with Crippen LogP contribution in [-0.2, 0) is 4.79 Å². The molecule has 1 fully saturated rings. The van der Waals surface area contributed by atoms with Crippen molar-refractivity contribution in [1.82, 2.24) is 14.9 Å². The molecule has 2 heterocycles. The van der Waals surface area contributed by atoms with Crippen LogP contribution < -0.4 is 5.73 Å².